The summed E-state index contributed by atoms with van der Waals surface area (Å²) < 4.78 is 5.10. The highest BCUT2D eigenvalue weighted by molar-refractivity contribution is 7.98. The molecule has 5 heteroatoms. The standard InChI is InChI=1S/C21H22N2O2S/c1-13-18(16-6-5-11-22-12-16)20(15-7-9-17(26-4)10-8-15)19(14(2)23-13)21(24)25-3/h5-12,20,23H,1-4H3. The minimum Gasteiger partial charge on any atom is -0.466 e. The van der Waals surface area contributed by atoms with Crippen LogP contribution in [0, 0.1) is 0 Å². The van der Waals surface area contributed by atoms with Gasteiger partial charge in [-0.05, 0) is 55.0 Å². The molecule has 1 atom stereocenters. The molecular formula is C21H22N2O2S. The minimum atomic E-state index is -0.317. The van der Waals surface area contributed by atoms with Gasteiger partial charge in [-0.2, -0.15) is 0 Å². The van der Waals surface area contributed by atoms with Crippen molar-refractivity contribution in [1.82, 2.24) is 10.3 Å². The summed E-state index contributed by atoms with van der Waals surface area (Å²) in [7, 11) is 1.42. The first-order chi connectivity index (χ1) is 12.6. The van der Waals surface area contributed by atoms with E-state index in [2.05, 4.69) is 40.8 Å². The predicted octanol–water partition coefficient (Wildman–Crippen LogP) is 4.37. The molecule has 0 bridgehead atoms. The molecule has 0 saturated heterocycles. The molecule has 1 aromatic heterocycles. The van der Waals surface area contributed by atoms with Gasteiger partial charge in [-0.1, -0.05) is 18.2 Å². The molecular weight excluding hydrogens is 344 g/mol. The summed E-state index contributed by atoms with van der Waals surface area (Å²) in [5, 5.41) is 3.34. The maximum absolute atomic E-state index is 12.6. The number of ether oxygens (including phenoxy) is 1. The molecule has 0 fully saturated rings. The van der Waals surface area contributed by atoms with Crippen molar-refractivity contribution in [3.05, 3.63) is 76.9 Å². The number of pyridine rings is 1. The van der Waals surface area contributed by atoms with E-state index in [1.807, 2.05) is 32.2 Å². The number of methoxy groups -OCH3 is 1. The van der Waals surface area contributed by atoms with Crippen LogP contribution < -0.4 is 5.32 Å². The van der Waals surface area contributed by atoms with Crippen molar-refractivity contribution < 1.29 is 9.53 Å². The third kappa shape index (κ3) is 3.40. The van der Waals surface area contributed by atoms with Gasteiger partial charge in [0.05, 0.1) is 12.7 Å². The number of thioether (sulfide) groups is 1. The quantitative estimate of drug-likeness (QED) is 0.643. The van der Waals surface area contributed by atoms with Gasteiger partial charge in [-0.25, -0.2) is 4.79 Å². The van der Waals surface area contributed by atoms with Crippen molar-refractivity contribution in [2.45, 2.75) is 24.7 Å². The van der Waals surface area contributed by atoms with Crippen LogP contribution in [-0.2, 0) is 9.53 Å². The Bertz CT molecular complexity index is 871. The van der Waals surface area contributed by atoms with Crippen LogP contribution in [0.3, 0.4) is 0 Å². The van der Waals surface area contributed by atoms with Crippen LogP contribution in [0.25, 0.3) is 5.57 Å². The first-order valence-electron chi connectivity index (χ1n) is 8.38. The van der Waals surface area contributed by atoms with Gasteiger partial charge >= 0.3 is 5.97 Å². The number of hydrogen-bond acceptors (Lipinski definition) is 5. The maximum Gasteiger partial charge on any atom is 0.336 e. The number of carbonyl (C=O) groups is 1. The number of carbonyl (C=O) groups excluding carboxylic acids is 1. The van der Waals surface area contributed by atoms with Crippen molar-refractivity contribution in [3.63, 3.8) is 0 Å². The molecule has 3 rings (SSSR count). The monoisotopic (exact) mass is 366 g/mol. The van der Waals surface area contributed by atoms with Crippen molar-refractivity contribution >= 4 is 23.3 Å². The third-order valence-electron chi connectivity index (χ3n) is 4.59. The number of dihydropyridines is 1. The first kappa shape index (κ1) is 18.3. The van der Waals surface area contributed by atoms with Crippen LogP contribution in [0.2, 0.25) is 0 Å². The molecule has 1 aromatic carbocycles. The molecule has 1 unspecified atom stereocenters. The summed E-state index contributed by atoms with van der Waals surface area (Å²) in [6, 6.07) is 12.3. The first-order valence-corrected chi connectivity index (χ1v) is 9.60. The van der Waals surface area contributed by atoms with E-state index < -0.39 is 0 Å². The van der Waals surface area contributed by atoms with E-state index in [0.29, 0.717) is 5.57 Å². The number of hydrogen-bond donors (Lipinski definition) is 1. The molecule has 2 aromatic rings. The number of nitrogens with one attached hydrogen (secondary N) is 1. The topological polar surface area (TPSA) is 51.2 Å². The smallest absolute Gasteiger partial charge is 0.336 e. The molecule has 0 spiro atoms. The Labute approximate surface area is 158 Å². The molecule has 1 aliphatic heterocycles. The zero-order chi connectivity index (χ0) is 18.7. The Hall–Kier alpha value is -2.53. The lowest BCUT2D eigenvalue weighted by Crippen LogP contribution is -2.28. The van der Waals surface area contributed by atoms with Gasteiger partial charge in [0.15, 0.2) is 0 Å². The average Bonchev–Trinajstić information content (AvgIpc) is 2.67. The Balaban J connectivity index is 2.20. The number of rotatable bonds is 4. The van der Waals surface area contributed by atoms with E-state index in [0.717, 1.165) is 28.1 Å². The van der Waals surface area contributed by atoms with Gasteiger partial charge in [-0.3, -0.25) is 4.98 Å². The lowest BCUT2D eigenvalue weighted by molar-refractivity contribution is -0.136. The second kappa shape index (κ2) is 7.79. The number of aromatic nitrogens is 1. The molecule has 0 amide bonds. The summed E-state index contributed by atoms with van der Waals surface area (Å²) in [4.78, 5) is 18.1. The van der Waals surface area contributed by atoms with Crippen molar-refractivity contribution in [3.8, 4) is 0 Å². The second-order valence-electron chi connectivity index (χ2n) is 6.14. The normalized spacial score (nSPS) is 17.2. The van der Waals surface area contributed by atoms with Gasteiger partial charge in [0.25, 0.3) is 0 Å². The summed E-state index contributed by atoms with van der Waals surface area (Å²) >= 11 is 1.70. The molecule has 134 valence electrons. The summed E-state index contributed by atoms with van der Waals surface area (Å²) in [6.45, 7) is 3.95. The van der Waals surface area contributed by atoms with E-state index in [4.69, 9.17) is 4.74 Å². The van der Waals surface area contributed by atoms with E-state index in [1.54, 1.807) is 18.0 Å². The Morgan fingerprint density at radius 2 is 1.88 bits per heavy atom. The Morgan fingerprint density at radius 1 is 1.15 bits per heavy atom. The van der Waals surface area contributed by atoms with Gasteiger partial charge in [0, 0.05) is 34.6 Å². The second-order valence-corrected chi connectivity index (χ2v) is 7.02. The molecule has 0 saturated carbocycles. The summed E-state index contributed by atoms with van der Waals surface area (Å²) in [6.07, 6.45) is 5.63. The minimum absolute atomic E-state index is 0.205. The maximum atomic E-state index is 12.6. The molecule has 4 nitrogen and oxygen atoms in total. The van der Waals surface area contributed by atoms with Gasteiger partial charge in [-0.15, -0.1) is 11.8 Å². The van der Waals surface area contributed by atoms with Gasteiger partial charge < -0.3 is 10.1 Å². The number of benzene rings is 1. The van der Waals surface area contributed by atoms with Crippen LogP contribution in [-0.4, -0.2) is 24.3 Å². The van der Waals surface area contributed by atoms with Crippen molar-refractivity contribution in [2.75, 3.05) is 13.4 Å². The van der Waals surface area contributed by atoms with Gasteiger partial charge in [0.1, 0.15) is 0 Å². The molecule has 1 aliphatic rings. The predicted molar refractivity (Wildman–Crippen MR) is 106 cm³/mol. The zero-order valence-electron chi connectivity index (χ0n) is 15.4. The SMILES string of the molecule is COC(=O)C1=C(C)NC(C)=C(c2cccnc2)C1c1ccc(SC)cc1. The number of nitrogens with zero attached hydrogens (tertiary/aromatic N) is 1. The van der Waals surface area contributed by atoms with Crippen LogP contribution in [0.15, 0.2) is 70.7 Å². The lowest BCUT2D eigenvalue weighted by atomic mass is 9.78. The van der Waals surface area contributed by atoms with Crippen LogP contribution in [0.5, 0.6) is 0 Å². The molecule has 2 heterocycles. The van der Waals surface area contributed by atoms with E-state index >= 15 is 0 Å². The summed E-state index contributed by atoms with van der Waals surface area (Å²) in [5.74, 6) is -0.522. The fourth-order valence-corrected chi connectivity index (χ4v) is 3.82. The van der Waals surface area contributed by atoms with Crippen molar-refractivity contribution in [2.24, 2.45) is 0 Å². The highest BCUT2D eigenvalue weighted by atomic mass is 32.2. The molecule has 26 heavy (non-hydrogen) atoms. The van der Waals surface area contributed by atoms with Crippen LogP contribution in [0.4, 0.5) is 0 Å². The van der Waals surface area contributed by atoms with Crippen molar-refractivity contribution in [1.29, 1.82) is 0 Å². The fraction of sp³-hybridized carbons (Fsp3) is 0.238. The van der Waals surface area contributed by atoms with Gasteiger partial charge in [0.2, 0.25) is 0 Å². The highest BCUT2D eigenvalue weighted by Crippen LogP contribution is 2.43. The lowest BCUT2D eigenvalue weighted by Gasteiger charge is -2.31. The number of esters is 1. The molecule has 0 aliphatic carbocycles. The third-order valence-corrected chi connectivity index (χ3v) is 5.33. The van der Waals surface area contributed by atoms with E-state index in [-0.39, 0.29) is 11.9 Å². The molecule has 1 N–H and O–H groups in total. The zero-order valence-corrected chi connectivity index (χ0v) is 16.2. The van der Waals surface area contributed by atoms with E-state index in [9.17, 15) is 4.79 Å². The number of allylic oxidation sites excluding steroid dienone is 3. The van der Waals surface area contributed by atoms with E-state index in [1.165, 1.54) is 12.0 Å². The largest absolute Gasteiger partial charge is 0.466 e. The molecule has 0 radical (unpaired) electrons. The highest BCUT2D eigenvalue weighted by Gasteiger charge is 2.34. The van der Waals surface area contributed by atoms with Crippen LogP contribution >= 0.6 is 11.8 Å². The summed E-state index contributed by atoms with van der Waals surface area (Å²) in [5.41, 5.74) is 5.56. The Kier molecular flexibility index (Phi) is 5.47. The fourth-order valence-electron chi connectivity index (χ4n) is 3.41. The Morgan fingerprint density at radius 3 is 2.46 bits per heavy atom. The average molecular weight is 366 g/mol. The van der Waals surface area contributed by atoms with Crippen LogP contribution in [0.1, 0.15) is 30.9 Å².